The minimum atomic E-state index is -0.749. The van der Waals surface area contributed by atoms with Gasteiger partial charge in [0.25, 0.3) is 0 Å². The predicted octanol–water partition coefficient (Wildman–Crippen LogP) is 4.65. The number of imidazole rings is 1. The van der Waals surface area contributed by atoms with Crippen LogP contribution in [0.3, 0.4) is 0 Å². The van der Waals surface area contributed by atoms with Crippen LogP contribution in [0.5, 0.6) is 0 Å². The molecule has 0 aromatic heterocycles. The summed E-state index contributed by atoms with van der Waals surface area (Å²) in [5, 5.41) is 0. The van der Waals surface area contributed by atoms with E-state index in [4.69, 9.17) is 0 Å². The average molecular weight is 357 g/mol. The Bertz CT molecular complexity index is 1050. The van der Waals surface area contributed by atoms with Gasteiger partial charge in [-0.3, -0.25) is 0 Å². The molecule has 2 aromatic carbocycles. The van der Waals surface area contributed by atoms with Gasteiger partial charge in [0, 0.05) is 30.6 Å². The molecule has 0 bridgehead atoms. The Hall–Kier alpha value is -3.22. The van der Waals surface area contributed by atoms with Gasteiger partial charge < -0.3 is 4.57 Å². The first kappa shape index (κ1) is 16.3. The Balaban J connectivity index is 1.72. The summed E-state index contributed by atoms with van der Waals surface area (Å²) in [6.45, 7) is 0.151. The second-order valence-corrected chi connectivity index (χ2v) is 5.77. The highest BCUT2D eigenvalue weighted by atomic mass is 19.1. The van der Waals surface area contributed by atoms with E-state index in [1.807, 2.05) is 0 Å². The first-order valence-electron chi connectivity index (χ1n) is 7.73. The van der Waals surface area contributed by atoms with Crippen LogP contribution in [0.1, 0.15) is 5.56 Å². The average Bonchev–Trinajstić information content (AvgIpc) is 3.00. The largest absolute Gasteiger partial charge is 0.347 e. The number of benzene rings is 2. The summed E-state index contributed by atoms with van der Waals surface area (Å²) >= 11 is 0. The summed E-state index contributed by atoms with van der Waals surface area (Å²) in [6, 6.07) is 8.51. The van der Waals surface area contributed by atoms with Crippen molar-refractivity contribution in [2.75, 3.05) is 0 Å². The quantitative estimate of drug-likeness (QED) is 0.500. The first-order chi connectivity index (χ1) is 12.5. The number of hydrogen-bond acceptors (Lipinski definition) is 2. The highest BCUT2D eigenvalue weighted by Gasteiger charge is 2.19. The number of pyridine rings is 1. The van der Waals surface area contributed by atoms with Crippen LogP contribution >= 0.6 is 0 Å². The third-order valence-corrected chi connectivity index (χ3v) is 3.98. The van der Waals surface area contributed by atoms with Gasteiger partial charge >= 0.3 is 0 Å². The third-order valence-electron chi connectivity index (χ3n) is 3.98. The molecule has 130 valence electrons. The highest BCUT2D eigenvalue weighted by Crippen LogP contribution is 2.28. The maximum atomic E-state index is 13.9. The number of aromatic nitrogens is 3. The standard InChI is InChI=1S/C19H11F4N3/c20-12-5-4-11(15(23)8-12)9-26-7-6-16-17(10-26)25-19(24-16)18-13(21)2-1-3-14(18)22/h1-8,10H,9H2. The molecule has 0 spiro atoms. The van der Waals surface area contributed by atoms with Crippen molar-refractivity contribution in [1.29, 1.82) is 0 Å². The molecule has 2 aromatic rings. The van der Waals surface area contributed by atoms with Gasteiger partial charge in [0.05, 0.1) is 11.3 Å². The van der Waals surface area contributed by atoms with E-state index < -0.39 is 23.3 Å². The van der Waals surface area contributed by atoms with Crippen LogP contribution in [0.2, 0.25) is 0 Å². The summed E-state index contributed by atoms with van der Waals surface area (Å²) in [6.07, 6.45) is 3.23. The number of halogens is 4. The van der Waals surface area contributed by atoms with Gasteiger partial charge in [0.1, 0.15) is 29.0 Å². The van der Waals surface area contributed by atoms with Gasteiger partial charge in [0.2, 0.25) is 0 Å². The van der Waals surface area contributed by atoms with Crippen LogP contribution in [0.4, 0.5) is 17.6 Å². The lowest BCUT2D eigenvalue weighted by Gasteiger charge is -2.09. The van der Waals surface area contributed by atoms with Crippen molar-refractivity contribution >= 4 is 0 Å². The van der Waals surface area contributed by atoms with Gasteiger partial charge in [-0.2, -0.15) is 0 Å². The van der Waals surface area contributed by atoms with Crippen LogP contribution in [0.25, 0.3) is 22.8 Å². The summed E-state index contributed by atoms with van der Waals surface area (Å²) in [7, 11) is 0. The zero-order valence-electron chi connectivity index (χ0n) is 13.3. The van der Waals surface area contributed by atoms with Crippen LogP contribution < -0.4 is 0 Å². The van der Waals surface area contributed by atoms with Crippen molar-refractivity contribution in [3.05, 3.63) is 83.7 Å². The molecule has 3 nitrogen and oxygen atoms in total. The molecule has 2 aliphatic heterocycles. The van der Waals surface area contributed by atoms with E-state index in [1.54, 1.807) is 23.0 Å². The lowest BCUT2D eigenvalue weighted by molar-refractivity contribution is 0.566. The summed E-state index contributed by atoms with van der Waals surface area (Å²) < 4.78 is 56.3. The lowest BCUT2D eigenvalue weighted by atomic mass is 10.2. The molecular weight excluding hydrogens is 346 g/mol. The summed E-state index contributed by atoms with van der Waals surface area (Å²) in [4.78, 5) is 8.33. The SMILES string of the molecule is Fc1ccc(Cn2ccc3nc(-c4c(F)cccc4F)nc-3c2)c(F)c1. The maximum absolute atomic E-state index is 13.9. The van der Waals surface area contributed by atoms with Gasteiger partial charge in [0.15, 0.2) is 5.82 Å². The molecule has 0 aliphatic carbocycles. The number of rotatable bonds is 3. The van der Waals surface area contributed by atoms with Crippen LogP contribution in [0, 0.1) is 23.3 Å². The number of hydrogen-bond donors (Lipinski definition) is 0. The van der Waals surface area contributed by atoms with E-state index in [-0.39, 0.29) is 17.9 Å². The van der Waals surface area contributed by atoms with Gasteiger partial charge in [-0.05, 0) is 24.3 Å². The van der Waals surface area contributed by atoms with Crippen LogP contribution in [-0.2, 0) is 6.54 Å². The molecular formula is C19H11F4N3. The van der Waals surface area contributed by atoms with Crippen molar-refractivity contribution in [2.45, 2.75) is 6.54 Å². The van der Waals surface area contributed by atoms with E-state index in [0.29, 0.717) is 17.0 Å². The van der Waals surface area contributed by atoms with Crippen molar-refractivity contribution in [3.63, 3.8) is 0 Å². The normalized spacial score (nSPS) is 11.2. The Morgan fingerprint density at radius 2 is 1.54 bits per heavy atom. The lowest BCUT2D eigenvalue weighted by Crippen LogP contribution is -2.03. The van der Waals surface area contributed by atoms with E-state index in [1.165, 1.54) is 18.2 Å². The number of fused-ring (bicyclic) bond motifs is 1. The smallest absolute Gasteiger partial charge is 0.166 e. The molecule has 0 unspecified atom stereocenters. The van der Waals surface area contributed by atoms with Crippen molar-refractivity contribution in [1.82, 2.24) is 14.5 Å². The Kier molecular flexibility index (Phi) is 3.91. The third kappa shape index (κ3) is 2.92. The van der Waals surface area contributed by atoms with E-state index in [9.17, 15) is 17.6 Å². The molecule has 0 amide bonds. The van der Waals surface area contributed by atoms with E-state index in [0.717, 1.165) is 18.2 Å². The Morgan fingerprint density at radius 1 is 0.808 bits per heavy atom. The second-order valence-electron chi connectivity index (χ2n) is 5.77. The zero-order valence-corrected chi connectivity index (χ0v) is 13.3. The molecule has 4 rings (SSSR count). The molecule has 2 aliphatic rings. The zero-order chi connectivity index (χ0) is 18.3. The Morgan fingerprint density at radius 3 is 2.27 bits per heavy atom. The van der Waals surface area contributed by atoms with Crippen molar-refractivity contribution in [2.24, 2.45) is 0 Å². The minimum Gasteiger partial charge on any atom is -0.347 e. The van der Waals surface area contributed by atoms with Gasteiger partial charge in [-0.1, -0.05) is 12.1 Å². The molecule has 0 fully saturated rings. The van der Waals surface area contributed by atoms with Crippen LogP contribution in [-0.4, -0.2) is 14.5 Å². The first-order valence-corrected chi connectivity index (χ1v) is 7.73. The van der Waals surface area contributed by atoms with Crippen molar-refractivity contribution < 1.29 is 17.6 Å². The predicted molar refractivity (Wildman–Crippen MR) is 87.5 cm³/mol. The van der Waals surface area contributed by atoms with Crippen molar-refractivity contribution in [3.8, 4) is 22.8 Å². The van der Waals surface area contributed by atoms with E-state index >= 15 is 0 Å². The number of nitrogens with zero attached hydrogens (tertiary/aromatic N) is 3. The maximum Gasteiger partial charge on any atom is 0.166 e. The molecule has 0 atom stereocenters. The van der Waals surface area contributed by atoms with Gasteiger partial charge in [-0.15, -0.1) is 0 Å². The highest BCUT2D eigenvalue weighted by molar-refractivity contribution is 5.66. The molecule has 0 saturated carbocycles. The molecule has 7 heteroatoms. The molecule has 26 heavy (non-hydrogen) atoms. The fourth-order valence-electron chi connectivity index (χ4n) is 2.72. The summed E-state index contributed by atoms with van der Waals surface area (Å²) in [5.74, 6) is -2.85. The second kappa shape index (κ2) is 6.25. The van der Waals surface area contributed by atoms with E-state index in [2.05, 4.69) is 9.97 Å². The van der Waals surface area contributed by atoms with Gasteiger partial charge in [-0.25, -0.2) is 27.5 Å². The fraction of sp³-hybridized carbons (Fsp3) is 0.0526. The molecule has 2 heterocycles. The Labute approximate surface area is 145 Å². The molecule has 0 N–H and O–H groups in total. The monoisotopic (exact) mass is 357 g/mol. The fourth-order valence-corrected chi connectivity index (χ4v) is 2.72. The topological polar surface area (TPSA) is 30.7 Å². The minimum absolute atomic E-state index is 0.0543. The molecule has 0 saturated heterocycles. The molecule has 0 radical (unpaired) electrons. The summed E-state index contributed by atoms with van der Waals surface area (Å²) in [5.41, 5.74) is 0.877. The van der Waals surface area contributed by atoms with Crippen LogP contribution in [0.15, 0.2) is 54.9 Å².